The Hall–Kier alpha value is -3.53. The van der Waals surface area contributed by atoms with Gasteiger partial charge in [0.1, 0.15) is 17.4 Å². The SMILES string of the molecule is CCCn1c(C)cc(/C=C(\C#N)C(=O)OCC(=O)Nc2ccccc2OCC)c1C. The average molecular weight is 409 g/mol. The fourth-order valence-corrected chi connectivity index (χ4v) is 3.08. The maximum Gasteiger partial charge on any atom is 0.349 e. The Labute approximate surface area is 176 Å². The Kier molecular flexibility index (Phi) is 8.24. The molecule has 1 amide bonds. The number of carbonyl (C=O) groups is 2. The number of esters is 1. The molecule has 1 aromatic heterocycles. The molecule has 7 heteroatoms. The van der Waals surface area contributed by atoms with Crippen LogP contribution in [0.25, 0.3) is 6.08 Å². The quantitative estimate of drug-likeness (QED) is 0.384. The van der Waals surface area contributed by atoms with Gasteiger partial charge in [0, 0.05) is 17.9 Å². The fourth-order valence-electron chi connectivity index (χ4n) is 3.08. The molecule has 0 saturated carbocycles. The Morgan fingerprint density at radius 3 is 2.63 bits per heavy atom. The van der Waals surface area contributed by atoms with Gasteiger partial charge in [-0.15, -0.1) is 0 Å². The molecule has 0 bridgehead atoms. The van der Waals surface area contributed by atoms with Crippen LogP contribution in [0.4, 0.5) is 5.69 Å². The third kappa shape index (κ3) is 5.74. The van der Waals surface area contributed by atoms with E-state index in [9.17, 15) is 14.9 Å². The molecule has 158 valence electrons. The number of hydrogen-bond donors (Lipinski definition) is 1. The van der Waals surface area contributed by atoms with Crippen LogP contribution in [0.1, 0.15) is 37.2 Å². The number of aromatic nitrogens is 1. The van der Waals surface area contributed by atoms with E-state index in [4.69, 9.17) is 9.47 Å². The second-order valence-electron chi connectivity index (χ2n) is 6.70. The molecule has 0 spiro atoms. The normalized spacial score (nSPS) is 11.0. The Balaban J connectivity index is 2.04. The lowest BCUT2D eigenvalue weighted by Crippen LogP contribution is -2.21. The molecule has 0 fully saturated rings. The Bertz CT molecular complexity index is 983. The van der Waals surface area contributed by atoms with Crippen molar-refractivity contribution in [3.8, 4) is 11.8 Å². The molecular formula is C23H27N3O4. The predicted octanol–water partition coefficient (Wildman–Crippen LogP) is 4.00. The van der Waals surface area contributed by atoms with Crippen molar-refractivity contribution in [1.29, 1.82) is 5.26 Å². The molecule has 0 aliphatic heterocycles. The Morgan fingerprint density at radius 1 is 1.23 bits per heavy atom. The maximum atomic E-state index is 12.3. The molecule has 2 rings (SSSR count). The number of para-hydroxylation sites is 2. The minimum absolute atomic E-state index is 0.158. The zero-order chi connectivity index (χ0) is 22.1. The molecule has 2 aromatic rings. The molecule has 1 heterocycles. The van der Waals surface area contributed by atoms with E-state index in [0.29, 0.717) is 18.0 Å². The Morgan fingerprint density at radius 2 is 1.97 bits per heavy atom. The molecular weight excluding hydrogens is 382 g/mol. The zero-order valence-corrected chi connectivity index (χ0v) is 17.8. The van der Waals surface area contributed by atoms with E-state index >= 15 is 0 Å². The smallest absolute Gasteiger partial charge is 0.349 e. The van der Waals surface area contributed by atoms with E-state index in [0.717, 1.165) is 29.9 Å². The van der Waals surface area contributed by atoms with Crippen molar-refractivity contribution < 1.29 is 19.1 Å². The first kappa shape index (κ1) is 22.8. The second kappa shape index (κ2) is 10.9. The summed E-state index contributed by atoms with van der Waals surface area (Å²) >= 11 is 0. The second-order valence-corrected chi connectivity index (χ2v) is 6.70. The largest absolute Gasteiger partial charge is 0.492 e. The van der Waals surface area contributed by atoms with E-state index in [1.807, 2.05) is 32.9 Å². The van der Waals surface area contributed by atoms with Crippen molar-refractivity contribution in [1.82, 2.24) is 4.57 Å². The molecule has 0 unspecified atom stereocenters. The van der Waals surface area contributed by atoms with Crippen LogP contribution in [0.5, 0.6) is 5.75 Å². The average Bonchev–Trinajstić information content (AvgIpc) is 2.99. The van der Waals surface area contributed by atoms with Crippen LogP contribution in [-0.4, -0.2) is 29.7 Å². The number of carbonyl (C=O) groups excluding carboxylic acids is 2. The summed E-state index contributed by atoms with van der Waals surface area (Å²) in [5, 5.41) is 12.0. The molecule has 7 nitrogen and oxygen atoms in total. The minimum atomic E-state index is -0.842. The van der Waals surface area contributed by atoms with Crippen LogP contribution in [-0.2, 0) is 20.9 Å². The van der Waals surface area contributed by atoms with Crippen LogP contribution in [0.15, 0.2) is 35.9 Å². The van der Waals surface area contributed by atoms with Gasteiger partial charge >= 0.3 is 5.97 Å². The van der Waals surface area contributed by atoms with Crippen molar-refractivity contribution in [2.45, 2.75) is 40.7 Å². The van der Waals surface area contributed by atoms with Crippen LogP contribution >= 0.6 is 0 Å². The number of rotatable bonds is 9. The van der Waals surface area contributed by atoms with Crippen LogP contribution < -0.4 is 10.1 Å². The third-order valence-electron chi connectivity index (χ3n) is 4.50. The van der Waals surface area contributed by atoms with Crippen LogP contribution in [0.3, 0.4) is 0 Å². The highest BCUT2D eigenvalue weighted by Crippen LogP contribution is 2.23. The molecule has 0 radical (unpaired) electrons. The number of aryl methyl sites for hydroxylation is 1. The van der Waals surface area contributed by atoms with Gasteiger partial charge in [0.25, 0.3) is 5.91 Å². The first-order valence-corrected chi connectivity index (χ1v) is 9.88. The summed E-state index contributed by atoms with van der Waals surface area (Å²) in [6, 6.07) is 10.8. The van der Waals surface area contributed by atoms with Crippen molar-refractivity contribution in [2.75, 3.05) is 18.5 Å². The number of ether oxygens (including phenoxy) is 2. The number of anilines is 1. The molecule has 0 aliphatic rings. The first-order chi connectivity index (χ1) is 14.4. The summed E-state index contributed by atoms with van der Waals surface area (Å²) in [6.07, 6.45) is 2.48. The standard InChI is InChI=1S/C23H27N3O4/c1-5-11-26-16(3)12-18(17(26)4)13-19(14-24)23(28)30-15-22(27)25-20-9-7-8-10-21(20)29-6-2/h7-10,12-13H,5-6,11,15H2,1-4H3,(H,25,27)/b19-13+. The number of amides is 1. The molecule has 0 atom stereocenters. The third-order valence-corrected chi connectivity index (χ3v) is 4.50. The van der Waals surface area contributed by atoms with Gasteiger partial charge in [0.05, 0.1) is 12.3 Å². The molecule has 30 heavy (non-hydrogen) atoms. The fraction of sp³-hybridized carbons (Fsp3) is 0.348. The summed E-state index contributed by atoms with van der Waals surface area (Å²) in [4.78, 5) is 24.5. The van der Waals surface area contributed by atoms with Gasteiger partial charge in [-0.25, -0.2) is 4.79 Å². The van der Waals surface area contributed by atoms with Gasteiger partial charge in [-0.05, 0) is 57.0 Å². The number of nitrogens with zero attached hydrogens (tertiary/aromatic N) is 2. The first-order valence-electron chi connectivity index (χ1n) is 9.88. The van der Waals surface area contributed by atoms with Gasteiger partial charge in [-0.1, -0.05) is 19.1 Å². The van der Waals surface area contributed by atoms with E-state index in [1.54, 1.807) is 24.3 Å². The van der Waals surface area contributed by atoms with E-state index in [-0.39, 0.29) is 5.57 Å². The number of nitrogens with one attached hydrogen (secondary N) is 1. The van der Waals surface area contributed by atoms with Crippen molar-refractivity contribution in [2.24, 2.45) is 0 Å². The summed E-state index contributed by atoms with van der Waals surface area (Å²) < 4.78 is 12.6. The lowest BCUT2D eigenvalue weighted by Gasteiger charge is -2.11. The minimum Gasteiger partial charge on any atom is -0.492 e. The van der Waals surface area contributed by atoms with E-state index in [1.165, 1.54) is 6.08 Å². The van der Waals surface area contributed by atoms with Crippen LogP contribution in [0, 0.1) is 25.2 Å². The molecule has 0 aliphatic carbocycles. The molecule has 0 saturated heterocycles. The zero-order valence-electron chi connectivity index (χ0n) is 17.8. The molecule has 1 N–H and O–H groups in total. The highest BCUT2D eigenvalue weighted by Gasteiger charge is 2.16. The monoisotopic (exact) mass is 409 g/mol. The number of benzene rings is 1. The lowest BCUT2D eigenvalue weighted by atomic mass is 10.1. The van der Waals surface area contributed by atoms with Gasteiger partial charge in [0.15, 0.2) is 6.61 Å². The van der Waals surface area contributed by atoms with Crippen molar-refractivity contribution >= 4 is 23.6 Å². The molecule has 1 aromatic carbocycles. The van der Waals surface area contributed by atoms with Gasteiger partial charge in [-0.2, -0.15) is 5.26 Å². The maximum absolute atomic E-state index is 12.3. The van der Waals surface area contributed by atoms with Gasteiger partial charge in [-0.3, -0.25) is 4.79 Å². The van der Waals surface area contributed by atoms with E-state index in [2.05, 4.69) is 16.8 Å². The predicted molar refractivity (Wildman–Crippen MR) is 115 cm³/mol. The van der Waals surface area contributed by atoms with E-state index < -0.39 is 18.5 Å². The van der Waals surface area contributed by atoms with Crippen molar-refractivity contribution in [3.63, 3.8) is 0 Å². The summed E-state index contributed by atoms with van der Waals surface area (Å²) in [7, 11) is 0. The van der Waals surface area contributed by atoms with Gasteiger partial charge < -0.3 is 19.4 Å². The van der Waals surface area contributed by atoms with Crippen molar-refractivity contribution in [3.05, 3.63) is 52.9 Å². The lowest BCUT2D eigenvalue weighted by molar-refractivity contribution is -0.142. The topological polar surface area (TPSA) is 93.4 Å². The summed E-state index contributed by atoms with van der Waals surface area (Å²) in [5.41, 5.74) is 3.14. The summed E-state index contributed by atoms with van der Waals surface area (Å²) in [5.74, 6) is -0.834. The summed E-state index contributed by atoms with van der Waals surface area (Å²) in [6.45, 7) is 8.67. The number of hydrogen-bond acceptors (Lipinski definition) is 5. The highest BCUT2D eigenvalue weighted by atomic mass is 16.5. The van der Waals surface area contributed by atoms with Gasteiger partial charge in [0.2, 0.25) is 0 Å². The van der Waals surface area contributed by atoms with Crippen LogP contribution in [0.2, 0.25) is 0 Å². The number of nitriles is 1. The highest BCUT2D eigenvalue weighted by molar-refractivity contribution is 6.00.